The van der Waals surface area contributed by atoms with Crippen molar-refractivity contribution in [1.29, 1.82) is 0 Å². The lowest BCUT2D eigenvalue weighted by Gasteiger charge is -2.07. The lowest BCUT2D eigenvalue weighted by Crippen LogP contribution is -1.97. The highest BCUT2D eigenvalue weighted by Crippen LogP contribution is 2.27. The monoisotopic (exact) mass is 284 g/mol. The molecule has 2 rings (SSSR count). The second-order valence-corrected chi connectivity index (χ2v) is 4.36. The summed E-state index contributed by atoms with van der Waals surface area (Å²) in [5.74, 6) is 1.09. The van der Waals surface area contributed by atoms with Crippen LogP contribution in [-0.4, -0.2) is 25.1 Å². The van der Waals surface area contributed by atoms with E-state index in [1.54, 1.807) is 55.7 Å². The van der Waals surface area contributed by atoms with Gasteiger partial charge in [0.2, 0.25) is 0 Å². The Bertz CT molecular complexity index is 674. The minimum absolute atomic E-state index is 0.153. The average Bonchev–Trinajstić information content (AvgIpc) is 2.52. The van der Waals surface area contributed by atoms with Gasteiger partial charge >= 0.3 is 0 Å². The molecule has 0 spiro atoms. The fraction of sp³-hybridized carbons (Fsp3) is 0.118. The Morgan fingerprint density at radius 1 is 1.05 bits per heavy atom. The zero-order valence-electron chi connectivity index (χ0n) is 11.9. The van der Waals surface area contributed by atoms with Gasteiger partial charge in [0.15, 0.2) is 17.3 Å². The van der Waals surface area contributed by atoms with Crippen LogP contribution in [0.2, 0.25) is 0 Å². The molecule has 2 aromatic carbocycles. The van der Waals surface area contributed by atoms with Gasteiger partial charge in [0.05, 0.1) is 14.2 Å². The van der Waals surface area contributed by atoms with Crippen LogP contribution in [-0.2, 0) is 0 Å². The van der Waals surface area contributed by atoms with Crippen LogP contribution >= 0.6 is 0 Å². The molecule has 0 unspecified atom stereocenters. The highest BCUT2D eigenvalue weighted by atomic mass is 16.5. The first-order valence-electron chi connectivity index (χ1n) is 6.37. The maximum Gasteiger partial charge on any atom is 0.185 e. The molecule has 108 valence electrons. The first-order chi connectivity index (χ1) is 10.1. The van der Waals surface area contributed by atoms with Crippen molar-refractivity contribution in [3.63, 3.8) is 0 Å². The summed E-state index contributed by atoms with van der Waals surface area (Å²) in [6.45, 7) is 0. The number of allylic oxidation sites excluding steroid dienone is 1. The Kier molecular flexibility index (Phi) is 4.61. The molecule has 0 aromatic heterocycles. The van der Waals surface area contributed by atoms with Crippen LogP contribution in [0.5, 0.6) is 17.2 Å². The minimum Gasteiger partial charge on any atom is -0.508 e. The first-order valence-corrected chi connectivity index (χ1v) is 6.37. The number of phenols is 1. The summed E-state index contributed by atoms with van der Waals surface area (Å²) in [6, 6.07) is 11.7. The molecule has 21 heavy (non-hydrogen) atoms. The van der Waals surface area contributed by atoms with Crippen LogP contribution in [0.3, 0.4) is 0 Å². The molecule has 0 bridgehead atoms. The number of hydrogen-bond donors (Lipinski definition) is 1. The molecular weight excluding hydrogens is 268 g/mol. The van der Waals surface area contributed by atoms with Crippen LogP contribution in [0.15, 0.2) is 48.5 Å². The van der Waals surface area contributed by atoms with E-state index in [4.69, 9.17) is 9.47 Å². The molecule has 4 heteroatoms. The van der Waals surface area contributed by atoms with Crippen molar-refractivity contribution < 1.29 is 19.4 Å². The number of carbonyl (C=O) groups is 1. The molecule has 0 aliphatic carbocycles. The van der Waals surface area contributed by atoms with Gasteiger partial charge in [-0.15, -0.1) is 0 Å². The van der Waals surface area contributed by atoms with E-state index < -0.39 is 0 Å². The summed E-state index contributed by atoms with van der Waals surface area (Å²) in [5.41, 5.74) is 1.26. The standard InChI is InChI=1S/C17H16O4/c1-20-16-9-7-13(11-17(16)21-2)15(19)8-6-12-4-3-5-14(18)10-12/h3-11,18H,1-2H3/b8-6+. The molecule has 1 N–H and O–H groups in total. The molecular formula is C17H16O4. The summed E-state index contributed by atoms with van der Waals surface area (Å²) >= 11 is 0. The number of methoxy groups -OCH3 is 2. The topological polar surface area (TPSA) is 55.8 Å². The quantitative estimate of drug-likeness (QED) is 0.676. The molecule has 0 heterocycles. The molecule has 0 aliphatic heterocycles. The number of carbonyl (C=O) groups excluding carboxylic acids is 1. The number of ketones is 1. The van der Waals surface area contributed by atoms with Crippen molar-refractivity contribution in [2.24, 2.45) is 0 Å². The van der Waals surface area contributed by atoms with Gasteiger partial charge in [-0.25, -0.2) is 0 Å². The zero-order chi connectivity index (χ0) is 15.2. The summed E-state index contributed by atoms with van der Waals surface area (Å²) < 4.78 is 10.3. The van der Waals surface area contributed by atoms with E-state index in [-0.39, 0.29) is 11.5 Å². The van der Waals surface area contributed by atoms with E-state index in [1.165, 1.54) is 13.2 Å². The third kappa shape index (κ3) is 3.63. The Hall–Kier alpha value is -2.75. The van der Waals surface area contributed by atoms with Crippen molar-refractivity contribution in [3.8, 4) is 17.2 Å². The number of rotatable bonds is 5. The van der Waals surface area contributed by atoms with E-state index in [0.717, 1.165) is 5.56 Å². The van der Waals surface area contributed by atoms with E-state index in [1.807, 2.05) is 0 Å². The molecule has 0 saturated heterocycles. The van der Waals surface area contributed by atoms with Gasteiger partial charge in [0, 0.05) is 5.56 Å². The Labute approximate surface area is 123 Å². The highest BCUT2D eigenvalue weighted by molar-refractivity contribution is 6.07. The molecule has 0 aliphatic rings. The molecule has 0 fully saturated rings. The van der Waals surface area contributed by atoms with Crippen LogP contribution in [0, 0.1) is 0 Å². The normalized spacial score (nSPS) is 10.6. The number of ether oxygens (including phenoxy) is 2. The van der Waals surface area contributed by atoms with E-state index in [9.17, 15) is 9.90 Å². The fourth-order valence-corrected chi connectivity index (χ4v) is 1.89. The number of hydrogen-bond acceptors (Lipinski definition) is 4. The van der Waals surface area contributed by atoms with Gasteiger partial charge < -0.3 is 14.6 Å². The Balaban J connectivity index is 2.20. The Morgan fingerprint density at radius 3 is 2.48 bits per heavy atom. The maximum atomic E-state index is 12.1. The third-order valence-corrected chi connectivity index (χ3v) is 2.97. The molecule has 4 nitrogen and oxygen atoms in total. The Morgan fingerprint density at radius 2 is 1.81 bits per heavy atom. The summed E-state index contributed by atoms with van der Waals surface area (Å²) in [7, 11) is 3.07. The number of benzene rings is 2. The van der Waals surface area contributed by atoms with Gasteiger partial charge in [-0.1, -0.05) is 18.2 Å². The van der Waals surface area contributed by atoms with Gasteiger partial charge in [-0.05, 0) is 42.0 Å². The van der Waals surface area contributed by atoms with Crippen LogP contribution < -0.4 is 9.47 Å². The van der Waals surface area contributed by atoms with Gasteiger partial charge in [-0.3, -0.25) is 4.79 Å². The molecule has 0 radical (unpaired) electrons. The summed E-state index contributed by atoms with van der Waals surface area (Å²) in [6.07, 6.45) is 3.11. The van der Waals surface area contributed by atoms with E-state index in [2.05, 4.69) is 0 Å². The van der Waals surface area contributed by atoms with E-state index in [0.29, 0.717) is 17.1 Å². The summed E-state index contributed by atoms with van der Waals surface area (Å²) in [4.78, 5) is 12.1. The van der Waals surface area contributed by atoms with Gasteiger partial charge in [0.25, 0.3) is 0 Å². The smallest absolute Gasteiger partial charge is 0.185 e. The molecule has 0 amide bonds. The predicted molar refractivity (Wildman–Crippen MR) is 81.0 cm³/mol. The molecule has 0 atom stereocenters. The van der Waals surface area contributed by atoms with Crippen molar-refractivity contribution in [2.45, 2.75) is 0 Å². The van der Waals surface area contributed by atoms with Gasteiger partial charge in [0.1, 0.15) is 5.75 Å². The highest BCUT2D eigenvalue weighted by Gasteiger charge is 2.08. The fourth-order valence-electron chi connectivity index (χ4n) is 1.89. The first kappa shape index (κ1) is 14.7. The van der Waals surface area contributed by atoms with E-state index >= 15 is 0 Å². The number of aromatic hydroxyl groups is 1. The number of phenolic OH excluding ortho intramolecular Hbond substituents is 1. The molecule has 2 aromatic rings. The van der Waals surface area contributed by atoms with Crippen molar-refractivity contribution >= 4 is 11.9 Å². The van der Waals surface area contributed by atoms with Crippen molar-refractivity contribution in [2.75, 3.05) is 14.2 Å². The van der Waals surface area contributed by atoms with Crippen molar-refractivity contribution in [1.82, 2.24) is 0 Å². The van der Waals surface area contributed by atoms with Crippen LogP contribution in [0.4, 0.5) is 0 Å². The second kappa shape index (κ2) is 6.61. The summed E-state index contributed by atoms with van der Waals surface area (Å²) in [5, 5.41) is 9.37. The predicted octanol–water partition coefficient (Wildman–Crippen LogP) is 3.31. The maximum absolute atomic E-state index is 12.1. The minimum atomic E-state index is -0.153. The molecule has 0 saturated carbocycles. The third-order valence-electron chi connectivity index (χ3n) is 2.97. The van der Waals surface area contributed by atoms with Crippen LogP contribution in [0.25, 0.3) is 6.08 Å². The largest absolute Gasteiger partial charge is 0.508 e. The average molecular weight is 284 g/mol. The lowest BCUT2D eigenvalue weighted by atomic mass is 10.1. The SMILES string of the molecule is COc1ccc(C(=O)/C=C/c2cccc(O)c2)cc1OC. The zero-order valence-corrected chi connectivity index (χ0v) is 11.9. The lowest BCUT2D eigenvalue weighted by molar-refractivity contribution is 0.104. The second-order valence-electron chi connectivity index (χ2n) is 4.36. The van der Waals surface area contributed by atoms with Crippen LogP contribution in [0.1, 0.15) is 15.9 Å². The van der Waals surface area contributed by atoms with Gasteiger partial charge in [-0.2, -0.15) is 0 Å². The van der Waals surface area contributed by atoms with Crippen molar-refractivity contribution in [3.05, 3.63) is 59.7 Å².